The van der Waals surface area contributed by atoms with E-state index in [9.17, 15) is 17.6 Å². The normalized spacial score (nSPS) is 11.4. The van der Waals surface area contributed by atoms with Crippen LogP contribution in [0.5, 0.6) is 5.75 Å². The van der Waals surface area contributed by atoms with Crippen molar-refractivity contribution in [3.05, 3.63) is 36.4 Å². The number of ether oxygens (including phenoxy) is 1. The molecule has 2 aromatic rings. The molecular weight excluding hydrogens is 266 g/mol. The molecule has 0 saturated heterocycles. The van der Waals surface area contributed by atoms with Crippen LogP contribution < -0.4 is 10.5 Å². The van der Waals surface area contributed by atoms with Crippen LogP contribution in [0.3, 0.4) is 0 Å². The smallest absolute Gasteiger partial charge is 0.406 e. The molecule has 0 unspecified atom stereocenters. The van der Waals surface area contributed by atoms with Gasteiger partial charge in [0, 0.05) is 5.56 Å². The average molecular weight is 273 g/mol. The Morgan fingerprint density at radius 2 is 1.68 bits per heavy atom. The number of nitrogens with two attached hydrogens (primary N) is 1. The lowest BCUT2D eigenvalue weighted by atomic mass is 10.1. The summed E-state index contributed by atoms with van der Waals surface area (Å²) >= 11 is 0. The summed E-state index contributed by atoms with van der Waals surface area (Å²) in [6, 6.07) is 4.60. The van der Waals surface area contributed by atoms with Crippen LogP contribution in [0.1, 0.15) is 0 Å². The highest BCUT2D eigenvalue weighted by Crippen LogP contribution is 2.27. The first kappa shape index (κ1) is 13.1. The van der Waals surface area contributed by atoms with Crippen LogP contribution in [-0.4, -0.2) is 16.3 Å². The van der Waals surface area contributed by atoms with Crippen molar-refractivity contribution in [2.75, 3.05) is 5.73 Å². The standard InChI is InChI=1S/C11H7F4N3O/c12-8-9(17-5-18-10(8)16)6-1-3-7(4-2-6)19-11(13,14)15/h1-5H,(H2,16,17,18). The van der Waals surface area contributed by atoms with Crippen molar-refractivity contribution in [1.82, 2.24) is 9.97 Å². The van der Waals surface area contributed by atoms with Crippen LogP contribution in [0.2, 0.25) is 0 Å². The minimum absolute atomic E-state index is 0.0916. The number of nitrogens with zero attached hydrogens (tertiary/aromatic N) is 2. The zero-order valence-electron chi connectivity index (χ0n) is 9.28. The summed E-state index contributed by atoms with van der Waals surface area (Å²) < 4.78 is 53.2. The van der Waals surface area contributed by atoms with Gasteiger partial charge in [0.15, 0.2) is 11.6 Å². The molecule has 0 aliphatic carbocycles. The van der Waals surface area contributed by atoms with Gasteiger partial charge in [0.05, 0.1) is 0 Å². The molecule has 8 heteroatoms. The van der Waals surface area contributed by atoms with Gasteiger partial charge >= 0.3 is 6.36 Å². The van der Waals surface area contributed by atoms with E-state index >= 15 is 0 Å². The molecule has 1 heterocycles. The predicted octanol–water partition coefficient (Wildman–Crippen LogP) is 2.76. The summed E-state index contributed by atoms with van der Waals surface area (Å²) in [6.45, 7) is 0. The number of aromatic nitrogens is 2. The molecule has 0 aliphatic rings. The van der Waals surface area contributed by atoms with Crippen molar-refractivity contribution in [2.24, 2.45) is 0 Å². The summed E-state index contributed by atoms with van der Waals surface area (Å²) in [6.07, 6.45) is -3.71. The van der Waals surface area contributed by atoms with Crippen molar-refractivity contribution >= 4 is 5.82 Å². The molecule has 0 aliphatic heterocycles. The molecule has 0 radical (unpaired) electrons. The first-order valence-electron chi connectivity index (χ1n) is 4.99. The number of halogens is 4. The number of alkyl halides is 3. The van der Waals surface area contributed by atoms with E-state index in [4.69, 9.17) is 5.73 Å². The highest BCUT2D eigenvalue weighted by molar-refractivity contribution is 5.63. The van der Waals surface area contributed by atoms with Gasteiger partial charge in [0.25, 0.3) is 0 Å². The van der Waals surface area contributed by atoms with E-state index in [1.807, 2.05) is 0 Å². The number of anilines is 1. The van der Waals surface area contributed by atoms with Crippen molar-refractivity contribution < 1.29 is 22.3 Å². The molecule has 1 aromatic heterocycles. The SMILES string of the molecule is Nc1ncnc(-c2ccc(OC(F)(F)F)cc2)c1F. The molecule has 0 amide bonds. The van der Waals surface area contributed by atoms with Gasteiger partial charge in [-0.3, -0.25) is 0 Å². The molecule has 100 valence electrons. The third-order valence-electron chi connectivity index (χ3n) is 2.18. The second-order valence-corrected chi connectivity index (χ2v) is 3.49. The fourth-order valence-corrected chi connectivity index (χ4v) is 1.40. The van der Waals surface area contributed by atoms with Gasteiger partial charge in [0.1, 0.15) is 17.8 Å². The Hall–Kier alpha value is -2.38. The van der Waals surface area contributed by atoms with Crippen molar-refractivity contribution in [3.8, 4) is 17.0 Å². The minimum atomic E-state index is -4.77. The van der Waals surface area contributed by atoms with E-state index in [0.29, 0.717) is 0 Å². The molecule has 0 saturated carbocycles. The van der Waals surface area contributed by atoms with Gasteiger partial charge in [0.2, 0.25) is 0 Å². The van der Waals surface area contributed by atoms with Gasteiger partial charge in [-0.1, -0.05) is 0 Å². The zero-order chi connectivity index (χ0) is 14.0. The highest BCUT2D eigenvalue weighted by Gasteiger charge is 2.31. The number of hydrogen-bond donors (Lipinski definition) is 1. The molecule has 4 nitrogen and oxygen atoms in total. The Kier molecular flexibility index (Phi) is 3.24. The molecule has 0 fully saturated rings. The highest BCUT2D eigenvalue weighted by atomic mass is 19.4. The number of benzene rings is 1. The summed E-state index contributed by atoms with van der Waals surface area (Å²) in [5.74, 6) is -1.56. The zero-order valence-corrected chi connectivity index (χ0v) is 9.28. The lowest BCUT2D eigenvalue weighted by Gasteiger charge is -2.09. The van der Waals surface area contributed by atoms with Gasteiger partial charge < -0.3 is 10.5 Å². The predicted molar refractivity (Wildman–Crippen MR) is 58.5 cm³/mol. The number of hydrogen-bond acceptors (Lipinski definition) is 4. The maximum absolute atomic E-state index is 13.6. The van der Waals surface area contributed by atoms with E-state index in [2.05, 4.69) is 14.7 Å². The van der Waals surface area contributed by atoms with Gasteiger partial charge in [-0.05, 0) is 24.3 Å². The second-order valence-electron chi connectivity index (χ2n) is 3.49. The maximum atomic E-state index is 13.6. The van der Waals surface area contributed by atoms with Crippen molar-refractivity contribution in [2.45, 2.75) is 6.36 Å². The molecule has 0 atom stereocenters. The van der Waals surface area contributed by atoms with Crippen molar-refractivity contribution in [1.29, 1.82) is 0 Å². The van der Waals surface area contributed by atoms with E-state index in [1.165, 1.54) is 12.1 Å². The lowest BCUT2D eigenvalue weighted by Crippen LogP contribution is -2.16. The van der Waals surface area contributed by atoms with Crippen LogP contribution in [0, 0.1) is 5.82 Å². The Morgan fingerprint density at radius 3 is 2.26 bits per heavy atom. The van der Waals surface area contributed by atoms with Crippen LogP contribution in [-0.2, 0) is 0 Å². The van der Waals surface area contributed by atoms with E-state index in [-0.39, 0.29) is 17.1 Å². The van der Waals surface area contributed by atoms with Crippen LogP contribution in [0.15, 0.2) is 30.6 Å². The van der Waals surface area contributed by atoms with Gasteiger partial charge in [-0.25, -0.2) is 14.4 Å². The van der Waals surface area contributed by atoms with E-state index in [1.54, 1.807) is 0 Å². The second kappa shape index (κ2) is 4.71. The molecule has 0 bridgehead atoms. The molecule has 2 rings (SSSR count). The largest absolute Gasteiger partial charge is 0.573 e. The third-order valence-corrected chi connectivity index (χ3v) is 2.18. The quantitative estimate of drug-likeness (QED) is 0.855. The molecule has 2 N–H and O–H groups in total. The van der Waals surface area contributed by atoms with E-state index < -0.39 is 17.9 Å². The summed E-state index contributed by atoms with van der Waals surface area (Å²) in [5.41, 5.74) is 5.44. The molecule has 19 heavy (non-hydrogen) atoms. The van der Waals surface area contributed by atoms with Crippen molar-refractivity contribution in [3.63, 3.8) is 0 Å². The van der Waals surface area contributed by atoms with Gasteiger partial charge in [-0.15, -0.1) is 13.2 Å². The molecule has 1 aromatic carbocycles. The fourth-order valence-electron chi connectivity index (χ4n) is 1.40. The summed E-state index contributed by atoms with van der Waals surface area (Å²) in [7, 11) is 0. The monoisotopic (exact) mass is 273 g/mol. The number of nitrogen functional groups attached to an aromatic ring is 1. The fraction of sp³-hybridized carbons (Fsp3) is 0.0909. The minimum Gasteiger partial charge on any atom is -0.406 e. The molecule has 0 spiro atoms. The first-order valence-corrected chi connectivity index (χ1v) is 4.99. The Morgan fingerprint density at radius 1 is 1.05 bits per heavy atom. The topological polar surface area (TPSA) is 61.0 Å². The van der Waals surface area contributed by atoms with Crippen LogP contribution >= 0.6 is 0 Å². The Bertz CT molecular complexity index is 583. The first-order chi connectivity index (χ1) is 8.87. The maximum Gasteiger partial charge on any atom is 0.573 e. The Labute approximate surface area is 104 Å². The summed E-state index contributed by atoms with van der Waals surface area (Å²) in [5, 5.41) is 0. The average Bonchev–Trinajstić information content (AvgIpc) is 2.32. The number of rotatable bonds is 2. The van der Waals surface area contributed by atoms with E-state index in [0.717, 1.165) is 18.5 Å². The summed E-state index contributed by atoms with van der Waals surface area (Å²) in [4.78, 5) is 7.13. The van der Waals surface area contributed by atoms with Crippen LogP contribution in [0.25, 0.3) is 11.3 Å². The van der Waals surface area contributed by atoms with Crippen LogP contribution in [0.4, 0.5) is 23.4 Å². The third kappa shape index (κ3) is 3.09. The van der Waals surface area contributed by atoms with Gasteiger partial charge in [-0.2, -0.15) is 0 Å². The lowest BCUT2D eigenvalue weighted by molar-refractivity contribution is -0.274. The molecular formula is C11H7F4N3O. The Balaban J connectivity index is 2.30.